The quantitative estimate of drug-likeness (QED) is 0.789. The lowest BCUT2D eigenvalue weighted by atomic mass is 9.81. The van der Waals surface area contributed by atoms with E-state index in [0.29, 0.717) is 6.42 Å². The average Bonchev–Trinajstić information content (AvgIpc) is 2.52. The Morgan fingerprint density at radius 3 is 2.14 bits per heavy atom. The fraction of sp³-hybridized carbons (Fsp3) is 0.294. The van der Waals surface area contributed by atoms with Crippen molar-refractivity contribution in [2.45, 2.75) is 32.3 Å². The van der Waals surface area contributed by atoms with E-state index in [1.165, 1.54) is 0 Å². The van der Waals surface area contributed by atoms with Gasteiger partial charge in [-0.1, -0.05) is 68.4 Å². The molecule has 118 valence electrons. The van der Waals surface area contributed by atoms with E-state index in [-0.39, 0.29) is 0 Å². The molecule has 2 aromatic carbocycles. The van der Waals surface area contributed by atoms with Gasteiger partial charge in [0.1, 0.15) is 5.60 Å². The summed E-state index contributed by atoms with van der Waals surface area (Å²) in [6, 6.07) is 16.9. The summed E-state index contributed by atoms with van der Waals surface area (Å²) < 4.78 is 17.0. The van der Waals surface area contributed by atoms with Gasteiger partial charge in [0.15, 0.2) is 0 Å². The predicted octanol–water partition coefficient (Wildman–Crippen LogP) is 4.01. The van der Waals surface area contributed by atoms with Crippen LogP contribution in [0.15, 0.2) is 54.6 Å². The van der Waals surface area contributed by atoms with Crippen LogP contribution in [-0.2, 0) is 21.1 Å². The summed E-state index contributed by atoms with van der Waals surface area (Å²) in [6.45, 7) is 3.89. The number of phosphoric ester groups is 1. The Bertz CT molecular complexity index is 665. The largest absolute Gasteiger partial charge is 0.470 e. The number of aryl methyl sites for hydroxylation is 1. The molecule has 1 atom stereocenters. The van der Waals surface area contributed by atoms with E-state index in [1.54, 1.807) is 0 Å². The molecule has 0 spiro atoms. The maximum atomic E-state index is 11.6. The van der Waals surface area contributed by atoms with Gasteiger partial charge in [-0.05, 0) is 29.5 Å². The van der Waals surface area contributed by atoms with Gasteiger partial charge in [-0.3, -0.25) is 4.52 Å². The zero-order valence-electron chi connectivity index (χ0n) is 12.8. The summed E-state index contributed by atoms with van der Waals surface area (Å²) in [6.07, 6.45) is 1.18. The van der Waals surface area contributed by atoms with Crippen molar-refractivity contribution in [1.29, 1.82) is 0 Å². The van der Waals surface area contributed by atoms with Crippen molar-refractivity contribution in [3.8, 4) is 0 Å². The van der Waals surface area contributed by atoms with Crippen molar-refractivity contribution >= 4 is 7.82 Å². The standard InChI is InChI=1S/C17H21O4P/c1-3-14-10-8-9-13-16(14)17(4-2,21-22(18,19)20)15-11-6-5-7-12-15/h5-13H,3-4H2,1-2H3,(H2,18,19,20)/t17-/m1/s1. The van der Waals surface area contributed by atoms with Crippen LogP contribution in [0.3, 0.4) is 0 Å². The van der Waals surface area contributed by atoms with Crippen molar-refractivity contribution in [2.24, 2.45) is 0 Å². The first-order valence-electron chi connectivity index (χ1n) is 7.33. The van der Waals surface area contributed by atoms with Crippen molar-refractivity contribution < 1.29 is 18.9 Å². The second-order valence-corrected chi connectivity index (χ2v) is 6.30. The summed E-state index contributed by atoms with van der Waals surface area (Å²) in [5.74, 6) is 0. The smallest absolute Gasteiger partial charge is 0.303 e. The Morgan fingerprint density at radius 2 is 1.59 bits per heavy atom. The highest BCUT2D eigenvalue weighted by Gasteiger charge is 2.40. The summed E-state index contributed by atoms with van der Waals surface area (Å²) >= 11 is 0. The highest BCUT2D eigenvalue weighted by Crippen LogP contribution is 2.51. The molecule has 0 aliphatic carbocycles. The maximum absolute atomic E-state index is 11.6. The third kappa shape index (κ3) is 3.47. The summed E-state index contributed by atoms with van der Waals surface area (Å²) in [4.78, 5) is 18.9. The molecule has 2 N–H and O–H groups in total. The van der Waals surface area contributed by atoms with Crippen LogP contribution < -0.4 is 0 Å². The molecule has 2 rings (SSSR count). The van der Waals surface area contributed by atoms with Crippen LogP contribution >= 0.6 is 7.82 Å². The molecule has 0 saturated carbocycles. The molecule has 0 radical (unpaired) electrons. The van der Waals surface area contributed by atoms with Crippen molar-refractivity contribution in [1.82, 2.24) is 0 Å². The first-order valence-corrected chi connectivity index (χ1v) is 8.86. The second-order valence-electron chi connectivity index (χ2n) is 5.14. The number of hydrogen-bond donors (Lipinski definition) is 2. The number of benzene rings is 2. The van der Waals surface area contributed by atoms with Crippen LogP contribution in [0.1, 0.15) is 37.0 Å². The summed E-state index contributed by atoms with van der Waals surface area (Å²) in [5.41, 5.74) is 1.39. The van der Waals surface area contributed by atoms with E-state index in [9.17, 15) is 14.4 Å². The minimum Gasteiger partial charge on any atom is -0.303 e. The second kappa shape index (κ2) is 6.76. The minimum absolute atomic E-state index is 0.416. The molecule has 22 heavy (non-hydrogen) atoms. The van der Waals surface area contributed by atoms with Gasteiger partial charge in [0.25, 0.3) is 0 Å². The van der Waals surface area contributed by atoms with Crippen LogP contribution in [0, 0.1) is 0 Å². The van der Waals surface area contributed by atoms with Crippen LogP contribution in [-0.4, -0.2) is 9.79 Å². The Balaban J connectivity index is 2.71. The van der Waals surface area contributed by atoms with E-state index in [1.807, 2.05) is 68.4 Å². The number of hydrogen-bond acceptors (Lipinski definition) is 2. The average molecular weight is 320 g/mol. The highest BCUT2D eigenvalue weighted by molar-refractivity contribution is 7.46. The molecule has 0 bridgehead atoms. The zero-order valence-corrected chi connectivity index (χ0v) is 13.7. The number of phosphoric acid groups is 1. The normalized spacial score (nSPS) is 14.5. The van der Waals surface area contributed by atoms with Gasteiger partial charge in [-0.25, -0.2) is 4.57 Å². The molecule has 0 heterocycles. The molecule has 0 aromatic heterocycles. The van der Waals surface area contributed by atoms with Gasteiger partial charge in [-0.2, -0.15) is 0 Å². The van der Waals surface area contributed by atoms with Gasteiger partial charge in [-0.15, -0.1) is 0 Å². The first kappa shape index (κ1) is 16.9. The third-order valence-corrected chi connectivity index (χ3v) is 4.40. The monoisotopic (exact) mass is 320 g/mol. The van der Waals surface area contributed by atoms with Gasteiger partial charge in [0.05, 0.1) is 0 Å². The van der Waals surface area contributed by atoms with Crippen molar-refractivity contribution in [3.05, 3.63) is 71.3 Å². The molecular formula is C17H21O4P. The van der Waals surface area contributed by atoms with Gasteiger partial charge >= 0.3 is 7.82 Å². The lowest BCUT2D eigenvalue weighted by Gasteiger charge is -2.35. The Hall–Kier alpha value is -1.45. The Kier molecular flexibility index (Phi) is 5.20. The van der Waals surface area contributed by atoms with E-state index >= 15 is 0 Å². The lowest BCUT2D eigenvalue weighted by Crippen LogP contribution is -2.30. The molecule has 0 fully saturated rings. The fourth-order valence-corrected chi connectivity index (χ4v) is 3.59. The highest BCUT2D eigenvalue weighted by atomic mass is 31.2. The maximum Gasteiger partial charge on any atom is 0.470 e. The molecule has 0 aliphatic rings. The van der Waals surface area contributed by atoms with E-state index in [4.69, 9.17) is 4.52 Å². The molecule has 5 heteroatoms. The summed E-state index contributed by atoms with van der Waals surface area (Å²) in [5, 5.41) is 0. The van der Waals surface area contributed by atoms with Gasteiger partial charge in [0.2, 0.25) is 0 Å². The van der Waals surface area contributed by atoms with Gasteiger partial charge in [0, 0.05) is 0 Å². The Morgan fingerprint density at radius 1 is 1.00 bits per heavy atom. The Labute approximate surface area is 131 Å². The van der Waals surface area contributed by atoms with E-state index in [0.717, 1.165) is 23.1 Å². The SMILES string of the molecule is CCc1ccccc1[C@](CC)(OP(=O)(O)O)c1ccccc1. The molecule has 2 aromatic rings. The van der Waals surface area contributed by atoms with Crippen LogP contribution in [0.25, 0.3) is 0 Å². The third-order valence-electron chi connectivity index (χ3n) is 3.85. The lowest BCUT2D eigenvalue weighted by molar-refractivity contribution is 0.0610. The van der Waals surface area contributed by atoms with E-state index < -0.39 is 13.4 Å². The fourth-order valence-electron chi connectivity index (χ4n) is 2.85. The molecule has 4 nitrogen and oxygen atoms in total. The van der Waals surface area contributed by atoms with Crippen LogP contribution in [0.2, 0.25) is 0 Å². The van der Waals surface area contributed by atoms with E-state index in [2.05, 4.69) is 0 Å². The van der Waals surface area contributed by atoms with Crippen LogP contribution in [0.5, 0.6) is 0 Å². The predicted molar refractivity (Wildman–Crippen MR) is 86.5 cm³/mol. The minimum atomic E-state index is -4.67. The molecule has 0 saturated heterocycles. The molecular weight excluding hydrogens is 299 g/mol. The molecule has 0 amide bonds. The molecule has 0 aliphatic heterocycles. The number of rotatable bonds is 6. The topological polar surface area (TPSA) is 66.8 Å². The molecule has 0 unspecified atom stereocenters. The summed E-state index contributed by atoms with van der Waals surface area (Å²) in [7, 11) is -4.67. The zero-order chi connectivity index (χ0) is 16.2. The van der Waals surface area contributed by atoms with Crippen LogP contribution in [0.4, 0.5) is 0 Å². The first-order chi connectivity index (χ1) is 10.4. The van der Waals surface area contributed by atoms with Gasteiger partial charge < -0.3 is 9.79 Å². The van der Waals surface area contributed by atoms with Crippen molar-refractivity contribution in [2.75, 3.05) is 0 Å². The van der Waals surface area contributed by atoms with Crippen molar-refractivity contribution in [3.63, 3.8) is 0 Å².